The summed E-state index contributed by atoms with van der Waals surface area (Å²) in [5.74, 6) is -0.823. The zero-order valence-electron chi connectivity index (χ0n) is 6.32. The first-order chi connectivity index (χ1) is 6.02. The molecule has 2 heterocycles. The molecule has 0 radical (unpaired) electrons. The van der Waals surface area contributed by atoms with Gasteiger partial charge in [-0.05, 0) is 15.9 Å². The van der Waals surface area contributed by atoms with E-state index in [2.05, 4.69) is 20.9 Å². The van der Waals surface area contributed by atoms with Gasteiger partial charge >= 0.3 is 0 Å². The number of sulfone groups is 1. The van der Waals surface area contributed by atoms with Crippen molar-refractivity contribution in [1.82, 2.24) is 4.98 Å². The summed E-state index contributed by atoms with van der Waals surface area (Å²) in [5, 5.41) is 0. The van der Waals surface area contributed by atoms with Gasteiger partial charge in [0.2, 0.25) is 0 Å². The fourth-order valence-corrected chi connectivity index (χ4v) is 3.83. The number of halogens is 1. The molecule has 1 aromatic rings. The van der Waals surface area contributed by atoms with E-state index in [-0.39, 0.29) is 16.2 Å². The van der Waals surface area contributed by atoms with Gasteiger partial charge < -0.3 is 0 Å². The number of fused-ring (bicyclic) bond motifs is 1. The molecule has 0 N–H and O–H groups in total. The van der Waals surface area contributed by atoms with Crippen molar-refractivity contribution in [3.05, 3.63) is 22.4 Å². The Morgan fingerprint density at radius 3 is 2.69 bits per heavy atom. The number of hydrogen-bond donors (Lipinski definition) is 0. The lowest BCUT2D eigenvalue weighted by molar-refractivity contribution is 0.102. The third-order valence-corrected chi connectivity index (χ3v) is 4.35. The summed E-state index contributed by atoms with van der Waals surface area (Å²) in [6, 6.07) is 0. The summed E-state index contributed by atoms with van der Waals surface area (Å²) in [6.07, 6.45) is 2.65. The highest BCUT2D eigenvalue weighted by Crippen LogP contribution is 2.31. The topological polar surface area (TPSA) is 64.1 Å². The minimum atomic E-state index is -3.42. The SMILES string of the molecule is O=C1CS(=O)(=O)c2c(Br)cncc21. The number of carbonyl (C=O) groups excluding carboxylic acids is 1. The van der Waals surface area contributed by atoms with Gasteiger partial charge in [0, 0.05) is 12.4 Å². The molecule has 0 saturated heterocycles. The van der Waals surface area contributed by atoms with E-state index in [1.54, 1.807) is 0 Å². The third kappa shape index (κ3) is 1.21. The van der Waals surface area contributed by atoms with Crippen LogP contribution >= 0.6 is 15.9 Å². The molecular weight excluding hydrogens is 258 g/mol. The van der Waals surface area contributed by atoms with Gasteiger partial charge in [0.05, 0.1) is 14.9 Å². The van der Waals surface area contributed by atoms with Gasteiger partial charge in [-0.15, -0.1) is 0 Å². The maximum Gasteiger partial charge on any atom is 0.187 e. The lowest BCUT2D eigenvalue weighted by Crippen LogP contribution is -2.03. The number of hydrogen-bond acceptors (Lipinski definition) is 4. The summed E-state index contributed by atoms with van der Waals surface area (Å²) < 4.78 is 23.2. The second kappa shape index (κ2) is 2.62. The summed E-state index contributed by atoms with van der Waals surface area (Å²) in [7, 11) is -3.42. The Morgan fingerprint density at radius 1 is 1.38 bits per heavy atom. The smallest absolute Gasteiger partial charge is 0.187 e. The number of Topliss-reactive ketones (excluding diaryl/α,β-unsaturated/α-hetero) is 1. The standard InChI is InChI=1S/C7H4BrNO3S/c8-5-2-9-1-4-6(10)3-13(11,12)7(4)5/h1-2H,3H2. The van der Waals surface area contributed by atoms with Crippen LogP contribution in [-0.4, -0.2) is 24.9 Å². The Labute approximate surface area is 83.0 Å². The number of carbonyl (C=O) groups is 1. The van der Waals surface area contributed by atoms with Crippen LogP contribution < -0.4 is 0 Å². The third-order valence-electron chi connectivity index (χ3n) is 1.79. The fraction of sp³-hybridized carbons (Fsp3) is 0.143. The van der Waals surface area contributed by atoms with Gasteiger partial charge in [0.25, 0.3) is 0 Å². The fourth-order valence-electron chi connectivity index (χ4n) is 1.26. The largest absolute Gasteiger partial charge is 0.293 e. The van der Waals surface area contributed by atoms with E-state index in [0.717, 1.165) is 0 Å². The molecule has 0 bridgehead atoms. The summed E-state index contributed by atoms with van der Waals surface area (Å²) in [4.78, 5) is 15.0. The van der Waals surface area contributed by atoms with Crippen molar-refractivity contribution < 1.29 is 13.2 Å². The lowest BCUT2D eigenvalue weighted by Gasteiger charge is -1.97. The molecule has 13 heavy (non-hydrogen) atoms. The lowest BCUT2D eigenvalue weighted by atomic mass is 10.2. The van der Waals surface area contributed by atoms with Crippen LogP contribution in [0, 0.1) is 0 Å². The predicted molar refractivity (Wildman–Crippen MR) is 48.3 cm³/mol. The highest BCUT2D eigenvalue weighted by molar-refractivity contribution is 9.10. The second-order valence-corrected chi connectivity index (χ2v) is 5.46. The maximum absolute atomic E-state index is 11.4. The molecule has 2 rings (SSSR count). The van der Waals surface area contributed by atoms with Crippen molar-refractivity contribution in [2.75, 3.05) is 5.75 Å². The molecule has 1 aliphatic heterocycles. The van der Waals surface area contributed by atoms with E-state index in [1.165, 1.54) is 12.4 Å². The monoisotopic (exact) mass is 261 g/mol. The van der Waals surface area contributed by atoms with Crippen molar-refractivity contribution in [3.8, 4) is 0 Å². The Hall–Kier alpha value is -0.750. The van der Waals surface area contributed by atoms with Crippen LogP contribution in [0.2, 0.25) is 0 Å². The molecule has 0 spiro atoms. The molecule has 0 aromatic carbocycles. The van der Waals surface area contributed by atoms with E-state index in [4.69, 9.17) is 0 Å². The quantitative estimate of drug-likeness (QED) is 0.694. The first-order valence-corrected chi connectivity index (χ1v) is 5.86. The van der Waals surface area contributed by atoms with Crippen molar-refractivity contribution in [2.24, 2.45) is 0 Å². The van der Waals surface area contributed by atoms with E-state index in [9.17, 15) is 13.2 Å². The molecule has 1 aromatic heterocycles. The van der Waals surface area contributed by atoms with Gasteiger partial charge in [-0.1, -0.05) is 0 Å². The van der Waals surface area contributed by atoms with Crippen LogP contribution in [0.3, 0.4) is 0 Å². The maximum atomic E-state index is 11.4. The first-order valence-electron chi connectivity index (χ1n) is 3.42. The highest BCUT2D eigenvalue weighted by Gasteiger charge is 2.35. The summed E-state index contributed by atoms with van der Waals surface area (Å²) in [5.41, 5.74) is 0.189. The molecule has 4 nitrogen and oxygen atoms in total. The Balaban J connectivity index is 2.89. The van der Waals surface area contributed by atoms with Crippen LogP contribution in [0.4, 0.5) is 0 Å². The molecule has 6 heteroatoms. The van der Waals surface area contributed by atoms with E-state index in [0.29, 0.717) is 4.47 Å². The van der Waals surface area contributed by atoms with Crippen LogP contribution in [0.25, 0.3) is 0 Å². The molecule has 0 aliphatic carbocycles. The Morgan fingerprint density at radius 2 is 2.08 bits per heavy atom. The average Bonchev–Trinajstić information content (AvgIpc) is 2.24. The van der Waals surface area contributed by atoms with Crippen LogP contribution in [0.15, 0.2) is 21.8 Å². The number of ketones is 1. The van der Waals surface area contributed by atoms with E-state index in [1.807, 2.05) is 0 Å². The summed E-state index contributed by atoms with van der Waals surface area (Å²) in [6.45, 7) is 0. The minimum absolute atomic E-state index is 0.0764. The number of nitrogens with zero attached hydrogens (tertiary/aromatic N) is 1. The van der Waals surface area contributed by atoms with Gasteiger partial charge in [-0.3, -0.25) is 9.78 Å². The first kappa shape index (κ1) is 8.83. The zero-order valence-corrected chi connectivity index (χ0v) is 8.72. The molecule has 0 amide bonds. The van der Waals surface area contributed by atoms with Crippen LogP contribution in [0.1, 0.15) is 10.4 Å². The number of pyridine rings is 1. The number of rotatable bonds is 0. The van der Waals surface area contributed by atoms with Crippen LogP contribution in [0.5, 0.6) is 0 Å². The van der Waals surface area contributed by atoms with Crippen molar-refractivity contribution in [2.45, 2.75) is 4.90 Å². The molecule has 0 fully saturated rings. The van der Waals surface area contributed by atoms with Gasteiger partial charge in [0.15, 0.2) is 15.6 Å². The average molecular weight is 262 g/mol. The molecular formula is C7H4BrNO3S. The van der Waals surface area contributed by atoms with E-state index < -0.39 is 15.6 Å². The van der Waals surface area contributed by atoms with Crippen LogP contribution in [-0.2, 0) is 9.84 Å². The van der Waals surface area contributed by atoms with Gasteiger partial charge in [-0.2, -0.15) is 0 Å². The van der Waals surface area contributed by atoms with E-state index >= 15 is 0 Å². The molecule has 0 unspecified atom stereocenters. The number of aromatic nitrogens is 1. The van der Waals surface area contributed by atoms with Crippen molar-refractivity contribution >= 4 is 31.6 Å². The molecule has 0 saturated carbocycles. The highest BCUT2D eigenvalue weighted by atomic mass is 79.9. The van der Waals surface area contributed by atoms with Gasteiger partial charge in [-0.25, -0.2) is 8.42 Å². The Kier molecular flexibility index (Phi) is 1.78. The molecule has 1 aliphatic rings. The Bertz CT molecular complexity index is 494. The van der Waals surface area contributed by atoms with Crippen molar-refractivity contribution in [1.29, 1.82) is 0 Å². The predicted octanol–water partition coefficient (Wildman–Crippen LogP) is 0.814. The second-order valence-electron chi connectivity index (χ2n) is 2.68. The van der Waals surface area contributed by atoms with Crippen molar-refractivity contribution in [3.63, 3.8) is 0 Å². The molecule has 68 valence electrons. The van der Waals surface area contributed by atoms with Gasteiger partial charge in [0.1, 0.15) is 5.75 Å². The summed E-state index contributed by atoms with van der Waals surface area (Å²) >= 11 is 3.06. The zero-order chi connectivity index (χ0) is 9.64. The molecule has 0 atom stereocenters. The minimum Gasteiger partial charge on any atom is -0.293 e. The normalized spacial score (nSPS) is 18.7.